The van der Waals surface area contributed by atoms with Crippen LogP contribution in [0.25, 0.3) is 0 Å². The van der Waals surface area contributed by atoms with E-state index in [2.05, 4.69) is 10.6 Å². The molecule has 2 N–H and O–H groups in total. The summed E-state index contributed by atoms with van der Waals surface area (Å²) in [5, 5.41) is 5.11. The second kappa shape index (κ2) is 6.91. The standard InChI is InChI=1S/C16H21N3O5S/c1-24-14-10-12(18-16(21)15(20)17-11-4-5-11)6-7-13(14)19-8-2-3-9-25(19,22)23/h6-7,10-11H,2-5,8-9H2,1H3,(H,17,20)(H,18,21). The molecule has 9 heteroatoms. The summed E-state index contributed by atoms with van der Waals surface area (Å²) in [4.78, 5) is 23.6. The first-order chi connectivity index (χ1) is 11.9. The predicted octanol–water partition coefficient (Wildman–Crippen LogP) is 0.842. The number of rotatable bonds is 4. The highest BCUT2D eigenvalue weighted by Crippen LogP contribution is 2.34. The normalized spacial score (nSPS) is 19.2. The second-order valence-electron chi connectivity index (χ2n) is 6.18. The van der Waals surface area contributed by atoms with E-state index in [-0.39, 0.29) is 11.8 Å². The molecule has 2 aliphatic rings. The van der Waals surface area contributed by atoms with Crippen molar-refractivity contribution in [2.75, 3.05) is 29.0 Å². The van der Waals surface area contributed by atoms with E-state index < -0.39 is 21.8 Å². The Morgan fingerprint density at radius 2 is 1.96 bits per heavy atom. The molecule has 1 aromatic rings. The molecule has 25 heavy (non-hydrogen) atoms. The maximum absolute atomic E-state index is 12.3. The van der Waals surface area contributed by atoms with Gasteiger partial charge in [-0.2, -0.15) is 0 Å². The molecule has 1 saturated heterocycles. The lowest BCUT2D eigenvalue weighted by Crippen LogP contribution is -2.38. The smallest absolute Gasteiger partial charge is 0.313 e. The van der Waals surface area contributed by atoms with Crippen LogP contribution in [0.15, 0.2) is 18.2 Å². The molecule has 3 rings (SSSR count). The van der Waals surface area contributed by atoms with Crippen LogP contribution in [-0.4, -0.2) is 45.7 Å². The Balaban J connectivity index is 1.77. The van der Waals surface area contributed by atoms with E-state index in [1.54, 1.807) is 12.1 Å². The van der Waals surface area contributed by atoms with Gasteiger partial charge in [-0.3, -0.25) is 13.9 Å². The first-order valence-electron chi connectivity index (χ1n) is 8.21. The van der Waals surface area contributed by atoms with E-state index in [0.29, 0.717) is 30.1 Å². The van der Waals surface area contributed by atoms with Crippen LogP contribution in [0.5, 0.6) is 5.75 Å². The number of methoxy groups -OCH3 is 1. The minimum absolute atomic E-state index is 0.0967. The van der Waals surface area contributed by atoms with Crippen molar-refractivity contribution in [2.45, 2.75) is 31.7 Å². The zero-order chi connectivity index (χ0) is 18.0. The Kier molecular flexibility index (Phi) is 4.85. The maximum Gasteiger partial charge on any atom is 0.313 e. The number of nitrogens with zero attached hydrogens (tertiary/aromatic N) is 1. The third-order valence-corrected chi connectivity index (χ3v) is 6.03. The molecule has 0 aromatic heterocycles. The summed E-state index contributed by atoms with van der Waals surface area (Å²) in [5.74, 6) is -1.00. The van der Waals surface area contributed by atoms with E-state index in [0.717, 1.165) is 19.3 Å². The van der Waals surface area contributed by atoms with Crippen molar-refractivity contribution in [3.8, 4) is 5.75 Å². The van der Waals surface area contributed by atoms with E-state index >= 15 is 0 Å². The summed E-state index contributed by atoms with van der Waals surface area (Å²) < 4.78 is 31.1. The zero-order valence-electron chi connectivity index (χ0n) is 13.9. The van der Waals surface area contributed by atoms with Crippen LogP contribution in [0, 0.1) is 0 Å². The van der Waals surface area contributed by atoms with E-state index in [9.17, 15) is 18.0 Å². The molecule has 0 bridgehead atoms. The molecule has 1 heterocycles. The second-order valence-corrected chi connectivity index (χ2v) is 8.20. The number of anilines is 2. The fourth-order valence-electron chi connectivity index (χ4n) is 2.69. The molecule has 2 fully saturated rings. The summed E-state index contributed by atoms with van der Waals surface area (Å²) in [5.41, 5.74) is 0.800. The van der Waals surface area contributed by atoms with Crippen molar-refractivity contribution in [2.24, 2.45) is 0 Å². The molecular formula is C16H21N3O5S. The van der Waals surface area contributed by atoms with Gasteiger partial charge in [-0.15, -0.1) is 0 Å². The zero-order valence-corrected chi connectivity index (χ0v) is 14.8. The molecule has 1 aromatic carbocycles. The minimum atomic E-state index is -3.36. The van der Waals surface area contributed by atoms with Gasteiger partial charge in [-0.05, 0) is 37.8 Å². The number of ether oxygens (including phenoxy) is 1. The van der Waals surface area contributed by atoms with E-state index in [1.165, 1.54) is 17.5 Å². The third kappa shape index (κ3) is 4.04. The van der Waals surface area contributed by atoms with Gasteiger partial charge in [0.25, 0.3) is 0 Å². The molecule has 1 aliphatic heterocycles. The van der Waals surface area contributed by atoms with Crippen LogP contribution >= 0.6 is 0 Å². The lowest BCUT2D eigenvalue weighted by atomic mass is 10.2. The lowest BCUT2D eigenvalue weighted by Gasteiger charge is -2.29. The van der Waals surface area contributed by atoms with Gasteiger partial charge >= 0.3 is 11.8 Å². The SMILES string of the molecule is COc1cc(NC(=O)C(=O)NC2CC2)ccc1N1CCCCS1(=O)=O. The van der Waals surface area contributed by atoms with Gasteiger partial charge in [-0.1, -0.05) is 0 Å². The topological polar surface area (TPSA) is 105 Å². The Bertz CT molecular complexity index is 789. The quantitative estimate of drug-likeness (QED) is 0.768. The Labute approximate surface area is 146 Å². The molecule has 2 amide bonds. The molecule has 1 saturated carbocycles. The monoisotopic (exact) mass is 367 g/mol. The number of carbonyl (C=O) groups is 2. The molecule has 8 nitrogen and oxygen atoms in total. The highest BCUT2D eigenvalue weighted by molar-refractivity contribution is 7.92. The Morgan fingerprint density at radius 1 is 1.20 bits per heavy atom. The summed E-state index contributed by atoms with van der Waals surface area (Å²) in [6.07, 6.45) is 3.21. The fraction of sp³-hybridized carbons (Fsp3) is 0.500. The van der Waals surface area contributed by atoms with Gasteiger partial charge in [0, 0.05) is 24.3 Å². The number of amides is 2. The van der Waals surface area contributed by atoms with Gasteiger partial charge in [-0.25, -0.2) is 8.42 Å². The van der Waals surface area contributed by atoms with Gasteiger partial charge in [0.2, 0.25) is 10.0 Å². The van der Waals surface area contributed by atoms with Crippen LogP contribution in [0.3, 0.4) is 0 Å². The average Bonchev–Trinajstić information content (AvgIpc) is 3.38. The van der Waals surface area contributed by atoms with Crippen molar-refractivity contribution >= 4 is 33.2 Å². The molecule has 0 radical (unpaired) electrons. The van der Waals surface area contributed by atoms with Crippen molar-refractivity contribution in [3.05, 3.63) is 18.2 Å². The highest BCUT2D eigenvalue weighted by Gasteiger charge is 2.29. The first-order valence-corrected chi connectivity index (χ1v) is 9.82. The number of benzene rings is 1. The fourth-order valence-corrected chi connectivity index (χ4v) is 4.33. The van der Waals surface area contributed by atoms with Gasteiger partial charge < -0.3 is 15.4 Å². The van der Waals surface area contributed by atoms with Gasteiger partial charge in [0.15, 0.2) is 0 Å². The maximum atomic E-state index is 12.3. The summed E-state index contributed by atoms with van der Waals surface area (Å²) in [7, 11) is -1.93. The molecule has 136 valence electrons. The predicted molar refractivity (Wildman–Crippen MR) is 93.2 cm³/mol. The van der Waals surface area contributed by atoms with E-state index in [1.807, 2.05) is 0 Å². The van der Waals surface area contributed by atoms with Crippen LogP contribution in [-0.2, 0) is 19.6 Å². The Hall–Kier alpha value is -2.29. The minimum Gasteiger partial charge on any atom is -0.494 e. The van der Waals surface area contributed by atoms with Crippen molar-refractivity contribution < 1.29 is 22.7 Å². The molecular weight excluding hydrogens is 346 g/mol. The largest absolute Gasteiger partial charge is 0.494 e. The molecule has 1 aliphatic carbocycles. The number of carbonyl (C=O) groups excluding carboxylic acids is 2. The van der Waals surface area contributed by atoms with Crippen LogP contribution < -0.4 is 19.7 Å². The number of nitrogens with one attached hydrogen (secondary N) is 2. The van der Waals surface area contributed by atoms with Gasteiger partial charge in [0.05, 0.1) is 18.6 Å². The summed E-state index contributed by atoms with van der Waals surface area (Å²) in [6.45, 7) is 0.397. The van der Waals surface area contributed by atoms with Crippen molar-refractivity contribution in [3.63, 3.8) is 0 Å². The van der Waals surface area contributed by atoms with Crippen molar-refractivity contribution in [1.29, 1.82) is 0 Å². The molecule has 0 spiro atoms. The van der Waals surface area contributed by atoms with Crippen LogP contribution in [0.1, 0.15) is 25.7 Å². The van der Waals surface area contributed by atoms with Gasteiger partial charge in [0.1, 0.15) is 5.75 Å². The molecule has 0 unspecified atom stereocenters. The lowest BCUT2D eigenvalue weighted by molar-refractivity contribution is -0.136. The summed E-state index contributed by atoms with van der Waals surface area (Å²) in [6, 6.07) is 4.75. The molecule has 0 atom stereocenters. The van der Waals surface area contributed by atoms with E-state index in [4.69, 9.17) is 4.74 Å². The summed E-state index contributed by atoms with van der Waals surface area (Å²) >= 11 is 0. The highest BCUT2D eigenvalue weighted by atomic mass is 32.2. The number of sulfonamides is 1. The first kappa shape index (κ1) is 17.5. The average molecular weight is 367 g/mol. The number of hydrogen-bond donors (Lipinski definition) is 2. The Morgan fingerprint density at radius 3 is 2.60 bits per heavy atom. The number of hydrogen-bond acceptors (Lipinski definition) is 5. The van der Waals surface area contributed by atoms with Crippen molar-refractivity contribution in [1.82, 2.24) is 5.32 Å². The van der Waals surface area contributed by atoms with Crippen LogP contribution in [0.4, 0.5) is 11.4 Å². The third-order valence-electron chi connectivity index (χ3n) is 4.17. The van der Waals surface area contributed by atoms with Crippen LogP contribution in [0.2, 0.25) is 0 Å².